The zero-order chi connectivity index (χ0) is 8.55. The van der Waals surface area contributed by atoms with E-state index in [0.29, 0.717) is 11.9 Å². The average Bonchev–Trinajstić information content (AvgIpc) is 2.46. The van der Waals surface area contributed by atoms with E-state index < -0.39 is 0 Å². The van der Waals surface area contributed by atoms with E-state index in [0.717, 1.165) is 25.4 Å². The van der Waals surface area contributed by atoms with Crippen LogP contribution in [0.1, 0.15) is 32.0 Å². The van der Waals surface area contributed by atoms with E-state index in [-0.39, 0.29) is 0 Å². The van der Waals surface area contributed by atoms with Gasteiger partial charge in [0.1, 0.15) is 0 Å². The molecule has 0 radical (unpaired) electrons. The minimum Gasteiger partial charge on any atom is -0.464 e. The molecule has 1 aromatic heterocycles. The topological polar surface area (TPSA) is 39.9 Å². The van der Waals surface area contributed by atoms with Crippen LogP contribution in [0.2, 0.25) is 0 Å². The Balaban J connectivity index is 2.32. The van der Waals surface area contributed by atoms with E-state index in [9.17, 15) is 0 Å². The average molecular weight is 167 g/mol. The summed E-state index contributed by atoms with van der Waals surface area (Å²) in [6.45, 7) is 5.88. The molecule has 66 valence electrons. The molecule has 1 aliphatic heterocycles. The van der Waals surface area contributed by atoms with Gasteiger partial charge in [-0.2, -0.15) is 10.1 Å². The van der Waals surface area contributed by atoms with Crippen LogP contribution in [0, 0.1) is 0 Å². The van der Waals surface area contributed by atoms with Crippen LogP contribution in [0.15, 0.2) is 0 Å². The van der Waals surface area contributed by atoms with Crippen LogP contribution in [0.3, 0.4) is 0 Å². The molecule has 0 saturated carbocycles. The molecular formula is C8H13N3O. The van der Waals surface area contributed by atoms with E-state index in [2.05, 4.69) is 23.9 Å². The minimum atomic E-state index is 0.381. The number of hydrogen-bond acceptors (Lipinski definition) is 3. The summed E-state index contributed by atoms with van der Waals surface area (Å²) in [5.74, 6) is 1.26. The highest BCUT2D eigenvalue weighted by Crippen LogP contribution is 2.17. The van der Waals surface area contributed by atoms with Crippen molar-refractivity contribution in [3.8, 4) is 6.01 Å². The largest absolute Gasteiger partial charge is 0.464 e. The van der Waals surface area contributed by atoms with Gasteiger partial charge >= 0.3 is 6.01 Å². The Morgan fingerprint density at radius 2 is 2.33 bits per heavy atom. The summed E-state index contributed by atoms with van der Waals surface area (Å²) in [4.78, 5) is 4.28. The maximum atomic E-state index is 5.34. The summed E-state index contributed by atoms with van der Waals surface area (Å²) in [6, 6.07) is 0.685. The first-order valence-corrected chi connectivity index (χ1v) is 4.35. The smallest absolute Gasteiger partial charge is 0.315 e. The van der Waals surface area contributed by atoms with Crippen molar-refractivity contribution < 1.29 is 4.74 Å². The van der Waals surface area contributed by atoms with Crippen molar-refractivity contribution in [3.63, 3.8) is 0 Å². The standard InChI is InChI=1S/C8H13N3O/c1-6(2)7-9-8-11(10-7)4-3-5-12-8/h6H,3-5H2,1-2H3. The fourth-order valence-corrected chi connectivity index (χ4v) is 1.22. The van der Waals surface area contributed by atoms with Crippen molar-refractivity contribution >= 4 is 0 Å². The van der Waals surface area contributed by atoms with Gasteiger partial charge in [-0.1, -0.05) is 13.8 Å². The van der Waals surface area contributed by atoms with Gasteiger partial charge in [-0.05, 0) is 0 Å². The molecule has 4 heteroatoms. The number of ether oxygens (including phenoxy) is 1. The van der Waals surface area contributed by atoms with Crippen molar-refractivity contribution in [3.05, 3.63) is 5.82 Å². The van der Waals surface area contributed by atoms with Crippen LogP contribution in [-0.2, 0) is 6.54 Å². The molecule has 0 fully saturated rings. The van der Waals surface area contributed by atoms with Crippen LogP contribution < -0.4 is 4.74 Å². The normalized spacial score (nSPS) is 15.9. The van der Waals surface area contributed by atoms with Gasteiger partial charge in [0, 0.05) is 18.9 Å². The zero-order valence-corrected chi connectivity index (χ0v) is 7.45. The molecule has 2 heterocycles. The van der Waals surface area contributed by atoms with Crippen molar-refractivity contribution in [2.75, 3.05) is 6.61 Å². The number of aryl methyl sites for hydroxylation is 1. The van der Waals surface area contributed by atoms with Gasteiger partial charge in [-0.3, -0.25) is 0 Å². The summed E-state index contributed by atoms with van der Waals surface area (Å²) < 4.78 is 7.19. The van der Waals surface area contributed by atoms with Crippen LogP contribution >= 0.6 is 0 Å². The molecule has 2 rings (SSSR count). The molecule has 0 spiro atoms. The van der Waals surface area contributed by atoms with E-state index in [1.54, 1.807) is 0 Å². The van der Waals surface area contributed by atoms with Crippen LogP contribution in [0.25, 0.3) is 0 Å². The van der Waals surface area contributed by atoms with Gasteiger partial charge in [-0.15, -0.1) is 0 Å². The molecule has 0 saturated heterocycles. The SMILES string of the molecule is CC(C)c1nc2n(n1)CCCO2. The number of aromatic nitrogens is 3. The van der Waals surface area contributed by atoms with Crippen LogP contribution in [-0.4, -0.2) is 21.4 Å². The quantitative estimate of drug-likeness (QED) is 0.630. The number of nitrogens with zero attached hydrogens (tertiary/aromatic N) is 3. The second kappa shape index (κ2) is 2.77. The first kappa shape index (κ1) is 7.58. The molecule has 0 atom stereocenters. The first-order valence-electron chi connectivity index (χ1n) is 4.35. The maximum Gasteiger partial charge on any atom is 0.315 e. The lowest BCUT2D eigenvalue weighted by Gasteiger charge is -2.11. The second-order valence-corrected chi connectivity index (χ2v) is 3.33. The molecule has 0 unspecified atom stereocenters. The lowest BCUT2D eigenvalue weighted by molar-refractivity contribution is 0.221. The van der Waals surface area contributed by atoms with Gasteiger partial charge in [0.15, 0.2) is 5.82 Å². The van der Waals surface area contributed by atoms with Crippen LogP contribution in [0.5, 0.6) is 6.01 Å². The number of rotatable bonds is 1. The molecule has 0 N–H and O–H groups in total. The molecule has 1 aromatic rings. The third-order valence-electron chi connectivity index (χ3n) is 1.92. The molecule has 0 aromatic carbocycles. The Hall–Kier alpha value is -1.06. The van der Waals surface area contributed by atoms with Gasteiger partial charge in [0.25, 0.3) is 0 Å². The van der Waals surface area contributed by atoms with Crippen LogP contribution in [0.4, 0.5) is 0 Å². The minimum absolute atomic E-state index is 0.381. The zero-order valence-electron chi connectivity index (χ0n) is 7.45. The highest BCUT2D eigenvalue weighted by molar-refractivity contribution is 5.02. The number of hydrogen-bond donors (Lipinski definition) is 0. The van der Waals surface area contributed by atoms with Crippen molar-refractivity contribution in [1.29, 1.82) is 0 Å². The lowest BCUT2D eigenvalue weighted by atomic mass is 10.2. The number of fused-ring (bicyclic) bond motifs is 1. The fourth-order valence-electron chi connectivity index (χ4n) is 1.22. The Morgan fingerprint density at radius 3 is 3.00 bits per heavy atom. The van der Waals surface area contributed by atoms with Gasteiger partial charge in [-0.25, -0.2) is 4.68 Å². The monoisotopic (exact) mass is 167 g/mol. The van der Waals surface area contributed by atoms with E-state index in [1.807, 2.05) is 4.68 Å². The van der Waals surface area contributed by atoms with Crippen molar-refractivity contribution in [2.24, 2.45) is 0 Å². The lowest BCUT2D eigenvalue weighted by Crippen LogP contribution is -2.15. The molecular weight excluding hydrogens is 154 g/mol. The highest BCUT2D eigenvalue weighted by atomic mass is 16.5. The summed E-state index contributed by atoms with van der Waals surface area (Å²) in [6.07, 6.45) is 1.04. The predicted octanol–water partition coefficient (Wildman–Crippen LogP) is 1.18. The second-order valence-electron chi connectivity index (χ2n) is 3.33. The molecule has 1 aliphatic rings. The van der Waals surface area contributed by atoms with E-state index in [4.69, 9.17) is 4.74 Å². The molecule has 12 heavy (non-hydrogen) atoms. The Bertz CT molecular complexity index is 256. The first-order chi connectivity index (χ1) is 5.77. The van der Waals surface area contributed by atoms with Gasteiger partial charge in [0.05, 0.1) is 6.61 Å². The molecule has 0 amide bonds. The van der Waals surface area contributed by atoms with E-state index in [1.165, 1.54) is 0 Å². The molecule has 0 bridgehead atoms. The van der Waals surface area contributed by atoms with E-state index >= 15 is 0 Å². The Kier molecular flexibility index (Phi) is 1.75. The third kappa shape index (κ3) is 1.17. The summed E-state index contributed by atoms with van der Waals surface area (Å²) in [7, 11) is 0. The fraction of sp³-hybridized carbons (Fsp3) is 0.750. The summed E-state index contributed by atoms with van der Waals surface area (Å²) >= 11 is 0. The third-order valence-corrected chi connectivity index (χ3v) is 1.92. The maximum absolute atomic E-state index is 5.34. The van der Waals surface area contributed by atoms with Gasteiger partial charge < -0.3 is 4.74 Å². The van der Waals surface area contributed by atoms with Gasteiger partial charge in [0.2, 0.25) is 0 Å². The summed E-state index contributed by atoms with van der Waals surface area (Å²) in [5.41, 5.74) is 0. The highest BCUT2D eigenvalue weighted by Gasteiger charge is 2.16. The Morgan fingerprint density at radius 1 is 1.50 bits per heavy atom. The molecule has 0 aliphatic carbocycles. The van der Waals surface area contributed by atoms with Crippen molar-refractivity contribution in [1.82, 2.24) is 14.8 Å². The molecule has 4 nitrogen and oxygen atoms in total. The Labute approximate surface area is 71.6 Å². The predicted molar refractivity (Wildman–Crippen MR) is 44.2 cm³/mol. The van der Waals surface area contributed by atoms with Crippen molar-refractivity contribution in [2.45, 2.75) is 32.7 Å². The summed E-state index contributed by atoms with van der Waals surface area (Å²) in [5, 5.41) is 4.33.